The van der Waals surface area contributed by atoms with Crippen LogP contribution in [0.4, 0.5) is 0 Å². The van der Waals surface area contributed by atoms with Crippen molar-refractivity contribution in [1.82, 2.24) is 5.32 Å². The van der Waals surface area contributed by atoms with E-state index in [1.165, 1.54) is 17.5 Å². The van der Waals surface area contributed by atoms with Gasteiger partial charge < -0.3 is 10.1 Å². The highest BCUT2D eigenvalue weighted by Crippen LogP contribution is 2.25. The summed E-state index contributed by atoms with van der Waals surface area (Å²) in [4.78, 5) is 11.8. The summed E-state index contributed by atoms with van der Waals surface area (Å²) in [5.74, 6) is 0.670. The first kappa shape index (κ1) is 15.9. The van der Waals surface area contributed by atoms with Gasteiger partial charge in [0.25, 0.3) is 5.91 Å². The molecule has 0 radical (unpaired) electrons. The fourth-order valence-corrected chi connectivity index (χ4v) is 3.09. The van der Waals surface area contributed by atoms with Gasteiger partial charge in [-0.1, -0.05) is 29.8 Å². The Bertz CT molecular complexity index is 700. The first-order chi connectivity index (χ1) is 11.2. The highest BCUT2D eigenvalue weighted by molar-refractivity contribution is 6.30. The van der Waals surface area contributed by atoms with Crippen LogP contribution in [0.5, 0.6) is 5.75 Å². The summed E-state index contributed by atoms with van der Waals surface area (Å²) < 4.78 is 5.58. The standard InChI is InChI=1S/C19H20ClNO2/c20-17-6-1-3-14(11-17)9-10-21-19(22)13-23-18-8-7-15-4-2-5-16(15)12-18/h1,3,6-8,11-12H,2,4-5,9-10,13H2,(H,21,22). The Balaban J connectivity index is 1.41. The average molecular weight is 330 g/mol. The smallest absolute Gasteiger partial charge is 0.257 e. The molecule has 0 heterocycles. The molecule has 0 saturated carbocycles. The molecule has 1 aliphatic carbocycles. The van der Waals surface area contributed by atoms with Crippen molar-refractivity contribution in [2.75, 3.05) is 13.2 Å². The molecule has 3 nitrogen and oxygen atoms in total. The minimum atomic E-state index is -0.104. The molecule has 1 N–H and O–H groups in total. The molecule has 0 unspecified atom stereocenters. The van der Waals surface area contributed by atoms with Crippen molar-refractivity contribution in [2.24, 2.45) is 0 Å². The largest absolute Gasteiger partial charge is 0.484 e. The second kappa shape index (κ2) is 7.51. The Morgan fingerprint density at radius 1 is 1.13 bits per heavy atom. The van der Waals surface area contributed by atoms with Crippen molar-refractivity contribution in [3.05, 3.63) is 64.2 Å². The molecule has 120 valence electrons. The highest BCUT2D eigenvalue weighted by atomic mass is 35.5. The van der Waals surface area contributed by atoms with Crippen LogP contribution in [-0.2, 0) is 24.1 Å². The maximum Gasteiger partial charge on any atom is 0.257 e. The van der Waals surface area contributed by atoms with Crippen molar-refractivity contribution in [3.63, 3.8) is 0 Å². The molecular weight excluding hydrogens is 310 g/mol. The number of nitrogens with one attached hydrogen (secondary N) is 1. The number of rotatable bonds is 6. The monoisotopic (exact) mass is 329 g/mol. The van der Waals surface area contributed by atoms with E-state index in [9.17, 15) is 4.79 Å². The van der Waals surface area contributed by atoms with Crippen LogP contribution in [0.1, 0.15) is 23.1 Å². The molecule has 1 aliphatic rings. The minimum absolute atomic E-state index is 0.0499. The van der Waals surface area contributed by atoms with Gasteiger partial charge in [0.2, 0.25) is 0 Å². The van der Waals surface area contributed by atoms with E-state index in [-0.39, 0.29) is 12.5 Å². The molecule has 0 aromatic heterocycles. The lowest BCUT2D eigenvalue weighted by atomic mass is 10.1. The van der Waals surface area contributed by atoms with E-state index >= 15 is 0 Å². The molecule has 0 bridgehead atoms. The molecule has 23 heavy (non-hydrogen) atoms. The first-order valence-corrected chi connectivity index (χ1v) is 8.34. The quantitative estimate of drug-likeness (QED) is 0.880. The minimum Gasteiger partial charge on any atom is -0.484 e. The topological polar surface area (TPSA) is 38.3 Å². The fraction of sp³-hybridized carbons (Fsp3) is 0.316. The van der Waals surface area contributed by atoms with E-state index in [4.69, 9.17) is 16.3 Å². The van der Waals surface area contributed by atoms with E-state index in [0.717, 1.165) is 30.6 Å². The van der Waals surface area contributed by atoms with Gasteiger partial charge in [-0.05, 0) is 66.6 Å². The SMILES string of the molecule is O=C(COc1ccc2c(c1)CCC2)NCCc1cccc(Cl)c1. The molecule has 0 atom stereocenters. The summed E-state index contributed by atoms with van der Waals surface area (Å²) in [6.07, 6.45) is 4.23. The Labute approximate surface area is 141 Å². The first-order valence-electron chi connectivity index (χ1n) is 7.96. The van der Waals surface area contributed by atoms with Crippen LogP contribution in [0.3, 0.4) is 0 Å². The van der Waals surface area contributed by atoms with Gasteiger partial charge in [0, 0.05) is 11.6 Å². The van der Waals surface area contributed by atoms with Crippen LogP contribution in [0.25, 0.3) is 0 Å². The predicted molar refractivity (Wildman–Crippen MR) is 92.1 cm³/mol. The summed E-state index contributed by atoms with van der Waals surface area (Å²) in [7, 11) is 0. The summed E-state index contributed by atoms with van der Waals surface area (Å²) in [6.45, 7) is 0.626. The molecule has 0 saturated heterocycles. The van der Waals surface area contributed by atoms with Gasteiger partial charge in [0.05, 0.1) is 0 Å². The van der Waals surface area contributed by atoms with Gasteiger partial charge in [0.15, 0.2) is 6.61 Å². The lowest BCUT2D eigenvalue weighted by molar-refractivity contribution is -0.123. The maximum absolute atomic E-state index is 11.8. The van der Waals surface area contributed by atoms with E-state index in [2.05, 4.69) is 17.4 Å². The Kier molecular flexibility index (Phi) is 5.19. The lowest BCUT2D eigenvalue weighted by Gasteiger charge is -2.09. The normalized spacial score (nSPS) is 12.7. The van der Waals surface area contributed by atoms with Crippen LogP contribution in [0, 0.1) is 0 Å². The third-order valence-electron chi connectivity index (χ3n) is 4.06. The van der Waals surface area contributed by atoms with E-state index in [1.54, 1.807) is 0 Å². The zero-order valence-electron chi connectivity index (χ0n) is 13.0. The van der Waals surface area contributed by atoms with Crippen molar-refractivity contribution in [2.45, 2.75) is 25.7 Å². The number of halogens is 1. The molecular formula is C19H20ClNO2. The molecule has 0 fully saturated rings. The van der Waals surface area contributed by atoms with E-state index in [0.29, 0.717) is 11.6 Å². The zero-order valence-corrected chi connectivity index (χ0v) is 13.7. The second-order valence-corrected chi connectivity index (χ2v) is 6.24. The van der Waals surface area contributed by atoms with Crippen LogP contribution >= 0.6 is 11.6 Å². The number of ether oxygens (including phenoxy) is 1. The van der Waals surface area contributed by atoms with Crippen molar-refractivity contribution in [3.8, 4) is 5.75 Å². The highest BCUT2D eigenvalue weighted by Gasteiger charge is 2.11. The van der Waals surface area contributed by atoms with Gasteiger partial charge in [-0.15, -0.1) is 0 Å². The number of carbonyl (C=O) groups excluding carboxylic acids is 1. The third kappa shape index (κ3) is 4.49. The van der Waals surface area contributed by atoms with Crippen LogP contribution in [-0.4, -0.2) is 19.1 Å². The molecule has 1 amide bonds. The van der Waals surface area contributed by atoms with Crippen molar-refractivity contribution >= 4 is 17.5 Å². The van der Waals surface area contributed by atoms with Crippen LogP contribution < -0.4 is 10.1 Å². The summed E-state index contributed by atoms with van der Waals surface area (Å²) >= 11 is 5.94. The Morgan fingerprint density at radius 3 is 2.87 bits per heavy atom. The molecule has 4 heteroatoms. The third-order valence-corrected chi connectivity index (χ3v) is 4.30. The number of amides is 1. The van der Waals surface area contributed by atoms with Crippen LogP contribution in [0.15, 0.2) is 42.5 Å². The number of aryl methyl sites for hydroxylation is 2. The molecule has 0 aliphatic heterocycles. The number of carbonyl (C=O) groups is 1. The zero-order chi connectivity index (χ0) is 16.1. The summed E-state index contributed by atoms with van der Waals surface area (Å²) in [5.41, 5.74) is 3.87. The second-order valence-electron chi connectivity index (χ2n) is 5.80. The Morgan fingerprint density at radius 2 is 2.00 bits per heavy atom. The maximum atomic E-state index is 11.8. The number of hydrogen-bond donors (Lipinski definition) is 1. The van der Waals surface area contributed by atoms with Gasteiger partial charge in [-0.3, -0.25) is 4.79 Å². The van der Waals surface area contributed by atoms with Crippen LogP contribution in [0.2, 0.25) is 5.02 Å². The van der Waals surface area contributed by atoms with E-state index in [1.807, 2.05) is 30.3 Å². The van der Waals surface area contributed by atoms with Gasteiger partial charge in [-0.25, -0.2) is 0 Å². The molecule has 3 rings (SSSR count). The molecule has 2 aromatic carbocycles. The number of fused-ring (bicyclic) bond motifs is 1. The molecule has 2 aromatic rings. The van der Waals surface area contributed by atoms with Gasteiger partial charge in [-0.2, -0.15) is 0 Å². The number of hydrogen-bond acceptors (Lipinski definition) is 2. The van der Waals surface area contributed by atoms with Crippen molar-refractivity contribution < 1.29 is 9.53 Å². The summed E-state index contributed by atoms with van der Waals surface area (Å²) in [6, 6.07) is 13.8. The average Bonchev–Trinajstić information content (AvgIpc) is 3.00. The number of benzene rings is 2. The Hall–Kier alpha value is -2.00. The molecule has 0 spiro atoms. The van der Waals surface area contributed by atoms with Gasteiger partial charge >= 0.3 is 0 Å². The lowest BCUT2D eigenvalue weighted by Crippen LogP contribution is -2.30. The predicted octanol–water partition coefficient (Wildman–Crippen LogP) is 3.57. The van der Waals surface area contributed by atoms with E-state index < -0.39 is 0 Å². The van der Waals surface area contributed by atoms with Crippen molar-refractivity contribution in [1.29, 1.82) is 0 Å². The van der Waals surface area contributed by atoms with Gasteiger partial charge in [0.1, 0.15) is 5.75 Å². The fourth-order valence-electron chi connectivity index (χ4n) is 2.88. The summed E-state index contributed by atoms with van der Waals surface area (Å²) in [5, 5.41) is 3.58.